The van der Waals surface area contributed by atoms with Crippen molar-refractivity contribution in [3.63, 3.8) is 0 Å². The van der Waals surface area contributed by atoms with Gasteiger partial charge in [0.1, 0.15) is 5.75 Å². The van der Waals surface area contributed by atoms with Gasteiger partial charge < -0.3 is 10.1 Å². The van der Waals surface area contributed by atoms with E-state index >= 15 is 0 Å². The third kappa shape index (κ3) is 1.62. The minimum atomic E-state index is 0.269. The van der Waals surface area contributed by atoms with Crippen LogP contribution in [-0.4, -0.2) is 13.7 Å². The molecule has 1 saturated carbocycles. The largest absolute Gasteiger partial charge is 0.494 e. The van der Waals surface area contributed by atoms with Crippen molar-refractivity contribution >= 4 is 0 Å². The molecule has 0 radical (unpaired) electrons. The highest BCUT2D eigenvalue weighted by Gasteiger charge is 2.42. The van der Waals surface area contributed by atoms with Gasteiger partial charge in [-0.25, -0.2) is 0 Å². The van der Waals surface area contributed by atoms with Crippen molar-refractivity contribution in [1.82, 2.24) is 5.32 Å². The first kappa shape index (κ1) is 9.53. The summed E-state index contributed by atoms with van der Waals surface area (Å²) in [7, 11) is 2.03. The van der Waals surface area contributed by atoms with Gasteiger partial charge in [0, 0.05) is 5.54 Å². The maximum atomic E-state index is 5.41. The Morgan fingerprint density at radius 3 is 2.36 bits per heavy atom. The molecule has 0 saturated heterocycles. The fraction of sp³-hybridized carbons (Fsp3) is 0.500. The van der Waals surface area contributed by atoms with Gasteiger partial charge in [-0.15, -0.1) is 0 Å². The zero-order valence-corrected chi connectivity index (χ0v) is 8.84. The van der Waals surface area contributed by atoms with Crippen molar-refractivity contribution in [3.8, 4) is 5.75 Å². The number of hydrogen-bond donors (Lipinski definition) is 1. The lowest BCUT2D eigenvalue weighted by Gasteiger charge is -2.14. The molecule has 0 spiro atoms. The Bertz CT molecular complexity index is 301. The molecule has 14 heavy (non-hydrogen) atoms. The van der Waals surface area contributed by atoms with Crippen LogP contribution in [0.15, 0.2) is 24.3 Å². The second-order valence-corrected chi connectivity index (χ2v) is 3.79. The van der Waals surface area contributed by atoms with E-state index in [0.29, 0.717) is 0 Å². The molecule has 2 nitrogen and oxygen atoms in total. The lowest BCUT2D eigenvalue weighted by molar-refractivity contribution is 0.340. The zero-order valence-electron chi connectivity index (χ0n) is 8.84. The van der Waals surface area contributed by atoms with E-state index in [4.69, 9.17) is 4.74 Å². The highest BCUT2D eigenvalue weighted by Crippen LogP contribution is 2.45. The Morgan fingerprint density at radius 1 is 1.29 bits per heavy atom. The molecule has 1 fully saturated rings. The van der Waals surface area contributed by atoms with Gasteiger partial charge >= 0.3 is 0 Å². The molecule has 2 rings (SSSR count). The molecule has 2 heteroatoms. The standard InChI is InChI=1S/C12H17NO/c1-3-14-11-6-4-10(5-7-11)12(13-2)8-9-12/h4-7,13H,3,8-9H2,1-2H3. The average Bonchev–Trinajstić information content (AvgIpc) is 3.00. The quantitative estimate of drug-likeness (QED) is 0.788. The van der Waals surface area contributed by atoms with Crippen molar-refractivity contribution in [2.45, 2.75) is 25.3 Å². The van der Waals surface area contributed by atoms with Crippen LogP contribution in [0.25, 0.3) is 0 Å². The minimum absolute atomic E-state index is 0.269. The number of hydrogen-bond acceptors (Lipinski definition) is 2. The molecule has 76 valence electrons. The van der Waals surface area contributed by atoms with Crippen LogP contribution in [0.2, 0.25) is 0 Å². The first-order valence-corrected chi connectivity index (χ1v) is 5.23. The Morgan fingerprint density at radius 2 is 1.93 bits per heavy atom. The summed E-state index contributed by atoms with van der Waals surface area (Å²) >= 11 is 0. The van der Waals surface area contributed by atoms with Gasteiger partial charge in [0.25, 0.3) is 0 Å². The summed E-state index contributed by atoms with van der Waals surface area (Å²) in [4.78, 5) is 0. The van der Waals surface area contributed by atoms with Crippen molar-refractivity contribution in [2.75, 3.05) is 13.7 Å². The average molecular weight is 191 g/mol. The van der Waals surface area contributed by atoms with Gasteiger partial charge in [0.15, 0.2) is 0 Å². The second-order valence-electron chi connectivity index (χ2n) is 3.79. The van der Waals surface area contributed by atoms with Crippen molar-refractivity contribution in [2.24, 2.45) is 0 Å². The SMILES string of the molecule is CCOc1ccc(C2(NC)CC2)cc1. The lowest BCUT2D eigenvalue weighted by Crippen LogP contribution is -2.24. The van der Waals surface area contributed by atoms with Crippen LogP contribution in [0.4, 0.5) is 0 Å². The van der Waals surface area contributed by atoms with Gasteiger partial charge in [-0.3, -0.25) is 0 Å². The van der Waals surface area contributed by atoms with E-state index in [1.54, 1.807) is 0 Å². The molecular formula is C12H17NO. The van der Waals surface area contributed by atoms with E-state index in [9.17, 15) is 0 Å². The summed E-state index contributed by atoms with van der Waals surface area (Å²) in [5.41, 5.74) is 1.65. The number of rotatable bonds is 4. The van der Waals surface area contributed by atoms with Crippen LogP contribution in [0.5, 0.6) is 5.75 Å². The molecule has 0 aromatic heterocycles. The summed E-state index contributed by atoms with van der Waals surface area (Å²) in [6.45, 7) is 2.74. The number of nitrogens with one attached hydrogen (secondary N) is 1. The summed E-state index contributed by atoms with van der Waals surface area (Å²) in [6, 6.07) is 8.43. The Labute approximate surface area is 85.3 Å². The van der Waals surface area contributed by atoms with Crippen molar-refractivity contribution in [3.05, 3.63) is 29.8 Å². The van der Waals surface area contributed by atoms with Crippen LogP contribution in [-0.2, 0) is 5.54 Å². The second kappa shape index (κ2) is 3.62. The lowest BCUT2D eigenvalue weighted by atomic mass is 10.1. The Kier molecular flexibility index (Phi) is 2.46. The van der Waals surface area contributed by atoms with Crippen molar-refractivity contribution < 1.29 is 4.74 Å². The van der Waals surface area contributed by atoms with Gasteiger partial charge in [-0.05, 0) is 44.5 Å². The summed E-state index contributed by atoms with van der Waals surface area (Å²) in [5.74, 6) is 0.961. The molecule has 0 heterocycles. The fourth-order valence-corrected chi connectivity index (χ4v) is 1.84. The van der Waals surface area contributed by atoms with E-state index in [1.165, 1.54) is 18.4 Å². The molecule has 0 amide bonds. The topological polar surface area (TPSA) is 21.3 Å². The summed E-state index contributed by atoms with van der Waals surface area (Å²) in [5, 5.41) is 3.38. The molecule has 0 atom stereocenters. The molecule has 1 aromatic carbocycles. The third-order valence-electron chi connectivity index (χ3n) is 2.95. The first-order valence-electron chi connectivity index (χ1n) is 5.23. The van der Waals surface area contributed by atoms with Crippen molar-refractivity contribution in [1.29, 1.82) is 0 Å². The van der Waals surface area contributed by atoms with E-state index in [1.807, 2.05) is 14.0 Å². The molecule has 1 N–H and O–H groups in total. The van der Waals surface area contributed by atoms with Gasteiger partial charge in [0.05, 0.1) is 6.61 Å². The van der Waals surface area contributed by atoms with Gasteiger partial charge in [-0.2, -0.15) is 0 Å². The van der Waals surface area contributed by atoms with Crippen LogP contribution >= 0.6 is 0 Å². The van der Waals surface area contributed by atoms with Crippen LogP contribution in [0.1, 0.15) is 25.3 Å². The van der Waals surface area contributed by atoms with Gasteiger partial charge in [-0.1, -0.05) is 12.1 Å². The summed E-state index contributed by atoms with van der Waals surface area (Å²) < 4.78 is 5.41. The maximum absolute atomic E-state index is 5.41. The fourth-order valence-electron chi connectivity index (χ4n) is 1.84. The Hall–Kier alpha value is -1.02. The number of benzene rings is 1. The molecular weight excluding hydrogens is 174 g/mol. The minimum Gasteiger partial charge on any atom is -0.494 e. The Balaban J connectivity index is 2.14. The molecule has 0 unspecified atom stereocenters. The predicted octanol–water partition coefficient (Wildman–Crippen LogP) is 2.29. The van der Waals surface area contributed by atoms with Crippen LogP contribution < -0.4 is 10.1 Å². The third-order valence-corrected chi connectivity index (χ3v) is 2.95. The summed E-state index contributed by atoms with van der Waals surface area (Å²) in [6.07, 6.45) is 2.50. The molecule has 0 aliphatic heterocycles. The van der Waals surface area contributed by atoms with E-state index in [-0.39, 0.29) is 5.54 Å². The van der Waals surface area contributed by atoms with E-state index in [0.717, 1.165) is 12.4 Å². The number of ether oxygens (including phenoxy) is 1. The molecule has 1 aromatic rings. The zero-order chi connectivity index (χ0) is 10.0. The monoisotopic (exact) mass is 191 g/mol. The van der Waals surface area contributed by atoms with Gasteiger partial charge in [0.2, 0.25) is 0 Å². The molecule has 0 bridgehead atoms. The van der Waals surface area contributed by atoms with E-state index < -0.39 is 0 Å². The highest BCUT2D eigenvalue weighted by molar-refractivity contribution is 5.35. The van der Waals surface area contributed by atoms with Crippen LogP contribution in [0.3, 0.4) is 0 Å². The normalized spacial score (nSPS) is 17.9. The van der Waals surface area contributed by atoms with Crippen LogP contribution in [0, 0.1) is 0 Å². The first-order chi connectivity index (χ1) is 6.80. The predicted molar refractivity (Wildman–Crippen MR) is 57.6 cm³/mol. The maximum Gasteiger partial charge on any atom is 0.119 e. The smallest absolute Gasteiger partial charge is 0.119 e. The molecule has 1 aliphatic carbocycles. The van der Waals surface area contributed by atoms with E-state index in [2.05, 4.69) is 29.6 Å². The molecule has 1 aliphatic rings. The highest BCUT2D eigenvalue weighted by atomic mass is 16.5.